The number of hydrogen-bond donors (Lipinski definition) is 1. The molecule has 1 radical (unpaired) electrons. The van der Waals surface area contributed by atoms with E-state index in [9.17, 15) is 0 Å². The number of dihydropyridines is 1. The maximum absolute atomic E-state index is 3.59. The minimum Gasteiger partial charge on any atom is -0.369 e. The smallest absolute Gasteiger partial charge is 0.113 e. The molecular formula is C23H18N. The Balaban J connectivity index is 1.79. The molecule has 1 heteroatoms. The number of hydrogen-bond acceptors (Lipinski definition) is 1. The summed E-state index contributed by atoms with van der Waals surface area (Å²) in [6.07, 6.45) is 4.44. The van der Waals surface area contributed by atoms with Crippen LogP contribution in [0.15, 0.2) is 103 Å². The summed E-state index contributed by atoms with van der Waals surface area (Å²) in [4.78, 5) is 0. The molecule has 0 atom stereocenters. The standard InChI is InChI=1S/C23H18N/c1-4-10-18(11-5-1)21-16-22(19-12-6-2-7-13-19)24-23(17-21)20-14-8-3-9-15-20/h1-17,24H. The van der Waals surface area contributed by atoms with Gasteiger partial charge in [-0.05, 0) is 34.4 Å². The normalized spacial score (nSPS) is 14.5. The van der Waals surface area contributed by atoms with E-state index in [-0.39, 0.29) is 0 Å². The maximum atomic E-state index is 3.59. The second-order valence-electron chi connectivity index (χ2n) is 5.79. The van der Waals surface area contributed by atoms with Gasteiger partial charge < -0.3 is 5.32 Å². The van der Waals surface area contributed by atoms with Crippen LogP contribution in [0.5, 0.6) is 0 Å². The largest absolute Gasteiger partial charge is 0.369 e. The van der Waals surface area contributed by atoms with Crippen molar-refractivity contribution in [2.75, 3.05) is 0 Å². The number of rotatable bonds is 3. The minimum atomic E-state index is 1.12. The van der Waals surface area contributed by atoms with Crippen LogP contribution in [0.2, 0.25) is 0 Å². The summed E-state index contributed by atoms with van der Waals surface area (Å²) in [5.74, 6) is 0. The first-order chi connectivity index (χ1) is 11.9. The summed E-state index contributed by atoms with van der Waals surface area (Å²) >= 11 is 0. The van der Waals surface area contributed by atoms with Crippen molar-refractivity contribution in [2.24, 2.45) is 0 Å². The molecule has 0 fully saturated rings. The van der Waals surface area contributed by atoms with Crippen molar-refractivity contribution in [1.29, 1.82) is 0 Å². The number of benzene rings is 3. The SMILES string of the molecule is C1=C(c2ccccc2)C=C(c2ccccc2)N[C]1c1ccccc1. The fraction of sp³-hybridized carbons (Fsp3) is 0. The molecule has 0 amide bonds. The van der Waals surface area contributed by atoms with Crippen LogP contribution >= 0.6 is 0 Å². The van der Waals surface area contributed by atoms with E-state index in [2.05, 4.69) is 96.3 Å². The van der Waals surface area contributed by atoms with Crippen molar-refractivity contribution in [3.8, 4) is 0 Å². The first kappa shape index (κ1) is 14.5. The lowest BCUT2D eigenvalue weighted by molar-refractivity contribution is 0.985. The van der Waals surface area contributed by atoms with Crippen LogP contribution < -0.4 is 5.32 Å². The van der Waals surface area contributed by atoms with Crippen molar-refractivity contribution in [3.05, 3.63) is 126 Å². The number of nitrogens with one attached hydrogen (secondary N) is 1. The molecule has 1 nitrogen and oxygen atoms in total. The Hall–Kier alpha value is -3.06. The highest BCUT2D eigenvalue weighted by molar-refractivity contribution is 5.88. The highest BCUT2D eigenvalue weighted by Gasteiger charge is 2.18. The summed E-state index contributed by atoms with van der Waals surface area (Å²) < 4.78 is 0. The van der Waals surface area contributed by atoms with Crippen molar-refractivity contribution >= 4 is 11.3 Å². The number of allylic oxidation sites excluding steroid dienone is 2. The quantitative estimate of drug-likeness (QED) is 0.693. The molecule has 4 rings (SSSR count). The second kappa shape index (κ2) is 6.59. The molecule has 1 aliphatic heterocycles. The molecule has 0 unspecified atom stereocenters. The summed E-state index contributed by atoms with van der Waals surface area (Å²) in [6.45, 7) is 0. The third kappa shape index (κ3) is 3.02. The van der Waals surface area contributed by atoms with Gasteiger partial charge in [-0.2, -0.15) is 0 Å². The van der Waals surface area contributed by atoms with Crippen LogP contribution in [0.3, 0.4) is 0 Å². The Labute approximate surface area is 143 Å². The average Bonchev–Trinajstić information content (AvgIpc) is 2.70. The van der Waals surface area contributed by atoms with Crippen molar-refractivity contribution < 1.29 is 0 Å². The van der Waals surface area contributed by atoms with E-state index in [0.717, 1.165) is 11.7 Å². The summed E-state index contributed by atoms with van der Waals surface area (Å²) in [7, 11) is 0. The monoisotopic (exact) mass is 308 g/mol. The van der Waals surface area contributed by atoms with Gasteiger partial charge in [0.1, 0.15) is 6.04 Å². The van der Waals surface area contributed by atoms with Gasteiger partial charge in [0.15, 0.2) is 0 Å². The third-order valence-corrected chi connectivity index (χ3v) is 4.15. The van der Waals surface area contributed by atoms with Gasteiger partial charge in [-0.3, -0.25) is 0 Å². The zero-order chi connectivity index (χ0) is 16.2. The van der Waals surface area contributed by atoms with Gasteiger partial charge in [0.05, 0.1) is 0 Å². The first-order valence-electron chi connectivity index (χ1n) is 8.14. The Morgan fingerprint density at radius 1 is 0.458 bits per heavy atom. The van der Waals surface area contributed by atoms with Gasteiger partial charge in [0, 0.05) is 5.70 Å². The zero-order valence-corrected chi connectivity index (χ0v) is 13.3. The van der Waals surface area contributed by atoms with E-state index in [1.165, 1.54) is 22.3 Å². The second-order valence-corrected chi connectivity index (χ2v) is 5.79. The van der Waals surface area contributed by atoms with E-state index in [4.69, 9.17) is 0 Å². The Morgan fingerprint density at radius 3 is 1.54 bits per heavy atom. The summed E-state index contributed by atoms with van der Waals surface area (Å²) in [5, 5.41) is 3.59. The van der Waals surface area contributed by atoms with E-state index in [0.29, 0.717) is 0 Å². The Bertz CT molecular complexity index is 862. The molecule has 115 valence electrons. The van der Waals surface area contributed by atoms with Crippen LogP contribution in [0.1, 0.15) is 16.7 Å². The Kier molecular flexibility index (Phi) is 3.99. The van der Waals surface area contributed by atoms with Crippen molar-refractivity contribution in [1.82, 2.24) is 5.32 Å². The van der Waals surface area contributed by atoms with Crippen LogP contribution in [0.4, 0.5) is 0 Å². The molecule has 0 aliphatic carbocycles. The minimum absolute atomic E-state index is 1.12. The Morgan fingerprint density at radius 2 is 0.958 bits per heavy atom. The van der Waals surface area contributed by atoms with Crippen LogP contribution in [-0.4, -0.2) is 0 Å². The predicted molar refractivity (Wildman–Crippen MR) is 101 cm³/mol. The topological polar surface area (TPSA) is 12.0 Å². The lowest BCUT2D eigenvalue weighted by atomic mass is 9.93. The van der Waals surface area contributed by atoms with E-state index < -0.39 is 0 Å². The van der Waals surface area contributed by atoms with Gasteiger partial charge >= 0.3 is 0 Å². The van der Waals surface area contributed by atoms with E-state index >= 15 is 0 Å². The molecule has 24 heavy (non-hydrogen) atoms. The zero-order valence-electron chi connectivity index (χ0n) is 13.3. The first-order valence-corrected chi connectivity index (χ1v) is 8.14. The predicted octanol–water partition coefficient (Wildman–Crippen LogP) is 5.29. The van der Waals surface area contributed by atoms with Gasteiger partial charge in [-0.1, -0.05) is 91.0 Å². The van der Waals surface area contributed by atoms with Gasteiger partial charge in [-0.15, -0.1) is 0 Å². The lowest BCUT2D eigenvalue weighted by Crippen LogP contribution is -2.22. The van der Waals surface area contributed by atoms with Crippen LogP contribution in [0.25, 0.3) is 11.3 Å². The summed E-state index contributed by atoms with van der Waals surface area (Å²) in [5.41, 5.74) is 5.93. The highest BCUT2D eigenvalue weighted by atomic mass is 14.9. The molecule has 3 aromatic rings. The van der Waals surface area contributed by atoms with Crippen molar-refractivity contribution in [3.63, 3.8) is 0 Å². The summed E-state index contributed by atoms with van der Waals surface area (Å²) in [6, 6.07) is 32.5. The van der Waals surface area contributed by atoms with Crippen molar-refractivity contribution in [2.45, 2.75) is 0 Å². The molecule has 0 aromatic heterocycles. The van der Waals surface area contributed by atoms with Crippen LogP contribution in [0, 0.1) is 6.04 Å². The van der Waals surface area contributed by atoms with E-state index in [1.807, 2.05) is 12.1 Å². The molecular weight excluding hydrogens is 290 g/mol. The molecule has 1 heterocycles. The average molecular weight is 308 g/mol. The lowest BCUT2D eigenvalue weighted by Gasteiger charge is -2.24. The molecule has 0 spiro atoms. The van der Waals surface area contributed by atoms with Gasteiger partial charge in [-0.25, -0.2) is 0 Å². The maximum Gasteiger partial charge on any atom is 0.113 e. The third-order valence-electron chi connectivity index (χ3n) is 4.15. The fourth-order valence-electron chi connectivity index (χ4n) is 2.91. The molecule has 0 saturated heterocycles. The highest BCUT2D eigenvalue weighted by Crippen LogP contribution is 2.31. The molecule has 0 bridgehead atoms. The fourth-order valence-corrected chi connectivity index (χ4v) is 2.91. The van der Waals surface area contributed by atoms with E-state index in [1.54, 1.807) is 0 Å². The van der Waals surface area contributed by atoms with Crippen LogP contribution in [-0.2, 0) is 0 Å². The molecule has 3 aromatic carbocycles. The molecule has 1 N–H and O–H groups in total. The van der Waals surface area contributed by atoms with Gasteiger partial charge in [0.25, 0.3) is 0 Å². The molecule has 1 aliphatic rings. The van der Waals surface area contributed by atoms with Gasteiger partial charge in [0.2, 0.25) is 0 Å². The molecule has 0 saturated carbocycles.